The molecule has 0 saturated carbocycles. The summed E-state index contributed by atoms with van der Waals surface area (Å²) in [7, 11) is -8.35. The highest BCUT2D eigenvalue weighted by Crippen LogP contribution is 2.21. The molecule has 2 aromatic carbocycles. The Morgan fingerprint density at radius 3 is 2.05 bits per heavy atom. The molecular weight excluding hydrogens is 600 g/mol. The molecule has 0 aliphatic rings. The Labute approximate surface area is 241 Å². The number of benzene rings is 2. The van der Waals surface area contributed by atoms with E-state index in [4.69, 9.17) is 22.1 Å². The predicted molar refractivity (Wildman–Crippen MR) is 148 cm³/mol. The van der Waals surface area contributed by atoms with Gasteiger partial charge < -0.3 is 15.2 Å². The number of rotatable bonds is 10. The topological polar surface area (TPSA) is 200 Å². The molecule has 0 fully saturated rings. The van der Waals surface area contributed by atoms with E-state index in [2.05, 4.69) is 23.9 Å². The van der Waals surface area contributed by atoms with Gasteiger partial charge in [-0.3, -0.25) is 0 Å². The van der Waals surface area contributed by atoms with E-state index in [0.29, 0.717) is 16.4 Å². The maximum atomic E-state index is 13.5. The number of carbonyl (C=O) groups excluding carboxylic acids is 2. The largest absolute Gasteiger partial charge is 0.465 e. The number of halogens is 1. The van der Waals surface area contributed by atoms with E-state index < -0.39 is 47.7 Å². The number of nitrogens with zero attached hydrogens (tertiary/aromatic N) is 4. The number of anilines is 1. The molecular formula is C24H25ClN6O8S2. The SMILES string of the molecule is COC(=O)c1ccccc1S(=O)(=O)N=C(N)N(NS(=O)(=O)c1ccccc1C(=O)OCCCl)c1nc(C)cc(C)n1. The molecule has 0 atom stereocenters. The fraction of sp³-hybridized carbons (Fsp3) is 0.208. The Morgan fingerprint density at radius 2 is 1.49 bits per heavy atom. The number of esters is 2. The number of sulfonamides is 2. The lowest BCUT2D eigenvalue weighted by atomic mass is 10.2. The number of aryl methyl sites for hydroxylation is 2. The maximum Gasteiger partial charge on any atom is 0.339 e. The van der Waals surface area contributed by atoms with E-state index >= 15 is 0 Å². The van der Waals surface area contributed by atoms with Crippen LogP contribution in [0.5, 0.6) is 0 Å². The minimum absolute atomic E-state index is 0.0166. The van der Waals surface area contributed by atoms with Gasteiger partial charge >= 0.3 is 11.9 Å². The number of nitrogens with two attached hydrogens (primary N) is 1. The summed E-state index contributed by atoms with van der Waals surface area (Å²) in [6, 6.07) is 11.8. The molecule has 0 saturated heterocycles. The van der Waals surface area contributed by atoms with E-state index in [9.17, 15) is 26.4 Å². The summed E-state index contributed by atoms with van der Waals surface area (Å²) in [6.07, 6.45) is 0. The first kappa shape index (κ1) is 31.4. The predicted octanol–water partition coefficient (Wildman–Crippen LogP) is 1.68. The lowest BCUT2D eigenvalue weighted by molar-refractivity contribution is 0.0523. The summed E-state index contributed by atoms with van der Waals surface area (Å²) in [4.78, 5) is 34.0. The second kappa shape index (κ2) is 13.0. The number of hydrazine groups is 1. The van der Waals surface area contributed by atoms with Gasteiger partial charge in [-0.05, 0) is 44.2 Å². The Balaban J connectivity index is 2.16. The van der Waals surface area contributed by atoms with Crippen LogP contribution in [0.3, 0.4) is 0 Å². The van der Waals surface area contributed by atoms with Crippen LogP contribution in [0.25, 0.3) is 0 Å². The van der Waals surface area contributed by atoms with Crippen LogP contribution in [0.4, 0.5) is 5.95 Å². The second-order valence-corrected chi connectivity index (χ2v) is 11.7. The van der Waals surface area contributed by atoms with E-state index in [1.807, 2.05) is 0 Å². The number of methoxy groups -OCH3 is 1. The number of carbonyl (C=O) groups is 2. The molecule has 1 heterocycles. The minimum Gasteiger partial charge on any atom is -0.465 e. The first-order valence-corrected chi connectivity index (χ1v) is 15.0. The highest BCUT2D eigenvalue weighted by molar-refractivity contribution is 7.90. The van der Waals surface area contributed by atoms with Crippen molar-refractivity contribution in [2.75, 3.05) is 24.6 Å². The third-order valence-electron chi connectivity index (χ3n) is 5.10. The van der Waals surface area contributed by atoms with Gasteiger partial charge in [0.2, 0.25) is 11.9 Å². The molecule has 3 aromatic rings. The van der Waals surface area contributed by atoms with Gasteiger partial charge in [-0.1, -0.05) is 24.3 Å². The van der Waals surface area contributed by atoms with Gasteiger partial charge in [0, 0.05) is 11.4 Å². The lowest BCUT2D eigenvalue weighted by Crippen LogP contribution is -2.51. The fourth-order valence-corrected chi connectivity index (χ4v) is 5.82. The Morgan fingerprint density at radius 1 is 0.951 bits per heavy atom. The van der Waals surface area contributed by atoms with Crippen LogP contribution >= 0.6 is 11.6 Å². The van der Waals surface area contributed by atoms with Crippen molar-refractivity contribution in [1.29, 1.82) is 0 Å². The minimum atomic E-state index is -4.73. The number of ether oxygens (including phenoxy) is 2. The van der Waals surface area contributed by atoms with Crippen molar-refractivity contribution in [2.24, 2.45) is 10.1 Å². The highest BCUT2D eigenvalue weighted by Gasteiger charge is 2.30. The zero-order valence-electron chi connectivity index (χ0n) is 21.9. The second-order valence-electron chi connectivity index (χ2n) is 8.11. The zero-order valence-corrected chi connectivity index (χ0v) is 24.3. The fourth-order valence-electron chi connectivity index (χ4n) is 3.43. The number of hydrogen-bond acceptors (Lipinski definition) is 10. The Bertz CT molecular complexity index is 1690. The molecule has 0 aliphatic heterocycles. The van der Waals surface area contributed by atoms with Crippen LogP contribution in [-0.4, -0.2) is 64.3 Å². The van der Waals surface area contributed by atoms with Gasteiger partial charge in [-0.15, -0.1) is 20.8 Å². The summed E-state index contributed by atoms with van der Waals surface area (Å²) < 4.78 is 66.7. The molecule has 0 bridgehead atoms. The summed E-state index contributed by atoms with van der Waals surface area (Å²) in [6.45, 7) is 3.00. The molecule has 0 spiro atoms. The molecule has 0 aliphatic carbocycles. The molecule has 3 rings (SSSR count). The quantitative estimate of drug-likeness (QED) is 0.109. The molecule has 17 heteroatoms. The molecule has 14 nitrogen and oxygen atoms in total. The molecule has 0 amide bonds. The van der Waals surface area contributed by atoms with Crippen molar-refractivity contribution in [3.8, 4) is 0 Å². The maximum absolute atomic E-state index is 13.5. The third-order valence-corrected chi connectivity index (χ3v) is 7.95. The summed E-state index contributed by atoms with van der Waals surface area (Å²) in [5.41, 5.74) is 6.15. The van der Waals surface area contributed by atoms with Crippen molar-refractivity contribution < 1.29 is 35.9 Å². The van der Waals surface area contributed by atoms with Crippen molar-refractivity contribution in [1.82, 2.24) is 14.8 Å². The number of nitrogens with one attached hydrogen (secondary N) is 1. The standard InChI is InChI=1S/C24H25ClN6O8S2/c1-15-14-16(2)28-24(27-15)31(23(26)29-40(34,35)19-10-6-4-8-17(19)21(32)38-3)30-41(36,37)20-11-7-5-9-18(20)22(33)39-13-12-25/h4-11,14,30H,12-13H2,1-3H3,(H2,26,29). The normalized spacial score (nSPS) is 12.0. The molecule has 3 N–H and O–H groups in total. The average Bonchev–Trinajstić information content (AvgIpc) is 2.93. The first-order chi connectivity index (χ1) is 19.3. The number of aromatic nitrogens is 2. The lowest BCUT2D eigenvalue weighted by Gasteiger charge is -2.23. The van der Waals surface area contributed by atoms with Gasteiger partial charge in [-0.25, -0.2) is 28.0 Å². The smallest absolute Gasteiger partial charge is 0.339 e. The van der Waals surface area contributed by atoms with Crippen molar-refractivity contribution in [3.05, 3.63) is 77.1 Å². The van der Waals surface area contributed by atoms with E-state index in [-0.39, 0.29) is 29.6 Å². The van der Waals surface area contributed by atoms with Crippen LogP contribution in [0.1, 0.15) is 32.1 Å². The monoisotopic (exact) mass is 624 g/mol. The van der Waals surface area contributed by atoms with E-state index in [0.717, 1.165) is 19.2 Å². The van der Waals surface area contributed by atoms with Gasteiger partial charge in [0.25, 0.3) is 20.0 Å². The van der Waals surface area contributed by atoms with Crippen LogP contribution < -0.4 is 15.6 Å². The van der Waals surface area contributed by atoms with Gasteiger partial charge in [0.1, 0.15) is 11.5 Å². The molecule has 1 aromatic heterocycles. The molecule has 0 radical (unpaired) electrons. The molecule has 41 heavy (non-hydrogen) atoms. The van der Waals surface area contributed by atoms with Crippen LogP contribution in [0, 0.1) is 13.8 Å². The van der Waals surface area contributed by atoms with Crippen LogP contribution in [0.15, 0.2) is 68.8 Å². The van der Waals surface area contributed by atoms with Gasteiger partial charge in [-0.2, -0.15) is 13.4 Å². The van der Waals surface area contributed by atoms with Gasteiger partial charge in [0.05, 0.1) is 29.0 Å². The van der Waals surface area contributed by atoms with E-state index in [1.54, 1.807) is 19.9 Å². The summed E-state index contributed by atoms with van der Waals surface area (Å²) in [5.74, 6) is -3.25. The van der Waals surface area contributed by atoms with Gasteiger partial charge in [0.15, 0.2) is 0 Å². The third kappa shape index (κ3) is 7.55. The van der Waals surface area contributed by atoms with E-state index in [1.165, 1.54) is 36.4 Å². The Kier molecular flexibility index (Phi) is 9.98. The number of guanidine groups is 1. The zero-order chi connectivity index (χ0) is 30.4. The summed E-state index contributed by atoms with van der Waals surface area (Å²) >= 11 is 5.56. The molecule has 0 unspecified atom stereocenters. The number of hydrogen-bond donors (Lipinski definition) is 2. The van der Waals surface area contributed by atoms with Crippen molar-refractivity contribution >= 4 is 55.5 Å². The highest BCUT2D eigenvalue weighted by atomic mass is 35.5. The summed E-state index contributed by atoms with van der Waals surface area (Å²) in [5, 5.41) is 0.522. The van der Waals surface area contributed by atoms with Crippen LogP contribution in [-0.2, 0) is 29.5 Å². The van der Waals surface area contributed by atoms with Crippen molar-refractivity contribution in [2.45, 2.75) is 23.6 Å². The first-order valence-electron chi connectivity index (χ1n) is 11.6. The van der Waals surface area contributed by atoms with Crippen molar-refractivity contribution in [3.63, 3.8) is 0 Å². The van der Waals surface area contributed by atoms with Crippen LogP contribution in [0.2, 0.25) is 0 Å². The average molecular weight is 625 g/mol. The molecule has 218 valence electrons. The Hall–Kier alpha value is -4.12. The number of alkyl halides is 1.